The Morgan fingerprint density at radius 1 is 0.259 bits per heavy atom. The number of anilines is 3. The standard InChI is InChI=1S/C79H52N2/c1-5-23-55(24-6-1)77-68-34-15-17-36-70(68)78(71-37-18-16-35-69(71)77)56-42-47-65-66-48-45-62(52-74(66)79(73(65)50-56,57-26-7-2-8-27-57)58-28-9-3-10-29-58)80(60-43-40-54(41-44-60)64-38-21-25-53-22-13-14-32-63(53)64)61-46-49-76-72(51-61)67-33-19-20-39-75(67)81(76)59-30-11-4-12-31-59/h1-52H. The fourth-order valence-electron chi connectivity index (χ4n) is 13.8. The molecule has 0 amide bonds. The van der Waals surface area contributed by atoms with Crippen LogP contribution in [-0.2, 0) is 5.41 Å². The van der Waals surface area contributed by atoms with Gasteiger partial charge in [-0.05, 0) is 166 Å². The van der Waals surface area contributed by atoms with Crippen LogP contribution in [0.15, 0.2) is 315 Å². The van der Waals surface area contributed by atoms with Gasteiger partial charge in [-0.25, -0.2) is 0 Å². The molecule has 16 rings (SSSR count). The van der Waals surface area contributed by atoms with Gasteiger partial charge in [-0.2, -0.15) is 0 Å². The smallest absolute Gasteiger partial charge is 0.0714 e. The minimum absolute atomic E-state index is 0.689. The van der Waals surface area contributed by atoms with Gasteiger partial charge >= 0.3 is 0 Å². The molecule has 0 saturated heterocycles. The molecule has 15 aromatic rings. The lowest BCUT2D eigenvalue weighted by atomic mass is 9.67. The molecule has 0 saturated carbocycles. The van der Waals surface area contributed by atoms with Crippen LogP contribution < -0.4 is 4.90 Å². The number of para-hydroxylation sites is 2. The molecule has 378 valence electrons. The maximum atomic E-state index is 2.53. The minimum Gasteiger partial charge on any atom is -0.310 e. The molecule has 0 unspecified atom stereocenters. The lowest BCUT2D eigenvalue weighted by molar-refractivity contribution is 0.769. The highest BCUT2D eigenvalue weighted by molar-refractivity contribution is 6.21. The first-order chi connectivity index (χ1) is 40.2. The number of nitrogens with zero attached hydrogens (tertiary/aromatic N) is 2. The topological polar surface area (TPSA) is 8.17 Å². The first kappa shape index (κ1) is 46.5. The van der Waals surface area contributed by atoms with E-state index in [2.05, 4.69) is 325 Å². The van der Waals surface area contributed by atoms with Gasteiger partial charge in [0.2, 0.25) is 0 Å². The van der Waals surface area contributed by atoms with Gasteiger partial charge in [0.05, 0.1) is 16.4 Å². The van der Waals surface area contributed by atoms with Crippen LogP contribution in [0.2, 0.25) is 0 Å². The molecule has 0 bridgehead atoms. The van der Waals surface area contributed by atoms with E-state index in [4.69, 9.17) is 0 Å². The quantitative estimate of drug-likeness (QED) is 0.131. The van der Waals surface area contributed by atoms with E-state index in [0.717, 1.165) is 22.7 Å². The molecular formula is C79H52N2. The van der Waals surface area contributed by atoms with Crippen molar-refractivity contribution in [2.45, 2.75) is 5.41 Å². The molecule has 14 aromatic carbocycles. The van der Waals surface area contributed by atoms with E-state index in [-0.39, 0.29) is 0 Å². The van der Waals surface area contributed by atoms with E-state index in [1.54, 1.807) is 0 Å². The zero-order chi connectivity index (χ0) is 53.4. The number of rotatable bonds is 9. The molecule has 2 heteroatoms. The number of benzene rings is 14. The number of hydrogen-bond acceptors (Lipinski definition) is 1. The summed E-state index contributed by atoms with van der Waals surface area (Å²) in [5.41, 5.74) is 20.8. The molecule has 0 radical (unpaired) electrons. The second-order valence-electron chi connectivity index (χ2n) is 21.5. The van der Waals surface area contributed by atoms with Gasteiger partial charge in [-0.1, -0.05) is 249 Å². The van der Waals surface area contributed by atoms with Crippen molar-refractivity contribution in [1.29, 1.82) is 0 Å². The van der Waals surface area contributed by atoms with E-state index < -0.39 is 5.41 Å². The third-order valence-electron chi connectivity index (χ3n) is 17.2. The Morgan fingerprint density at radius 3 is 1.37 bits per heavy atom. The molecule has 0 fully saturated rings. The van der Waals surface area contributed by atoms with Crippen LogP contribution in [0.3, 0.4) is 0 Å². The van der Waals surface area contributed by atoms with Gasteiger partial charge in [0.1, 0.15) is 0 Å². The Morgan fingerprint density at radius 2 is 0.716 bits per heavy atom. The molecular weight excluding hydrogens is 977 g/mol. The third-order valence-corrected chi connectivity index (χ3v) is 17.2. The van der Waals surface area contributed by atoms with Gasteiger partial charge in [-0.15, -0.1) is 0 Å². The van der Waals surface area contributed by atoms with E-state index in [1.165, 1.54) is 121 Å². The first-order valence-electron chi connectivity index (χ1n) is 28.1. The zero-order valence-electron chi connectivity index (χ0n) is 44.4. The van der Waals surface area contributed by atoms with Gasteiger partial charge in [0.25, 0.3) is 0 Å². The van der Waals surface area contributed by atoms with Crippen LogP contribution in [0, 0.1) is 0 Å². The Hall–Kier alpha value is -10.5. The van der Waals surface area contributed by atoms with Crippen molar-refractivity contribution >= 4 is 71.2 Å². The molecule has 1 heterocycles. The highest BCUT2D eigenvalue weighted by atomic mass is 15.1. The summed E-state index contributed by atoms with van der Waals surface area (Å²) in [6.45, 7) is 0. The summed E-state index contributed by atoms with van der Waals surface area (Å²) in [5, 5.41) is 9.87. The molecule has 0 aliphatic heterocycles. The van der Waals surface area contributed by atoms with Crippen LogP contribution >= 0.6 is 0 Å². The van der Waals surface area contributed by atoms with Crippen molar-refractivity contribution in [1.82, 2.24) is 4.57 Å². The van der Waals surface area contributed by atoms with Crippen molar-refractivity contribution in [2.24, 2.45) is 0 Å². The fraction of sp³-hybridized carbons (Fsp3) is 0.0127. The predicted molar refractivity (Wildman–Crippen MR) is 342 cm³/mol. The molecule has 1 aromatic heterocycles. The summed E-state index contributed by atoms with van der Waals surface area (Å²) in [6.07, 6.45) is 0. The third kappa shape index (κ3) is 7.27. The molecule has 1 aliphatic rings. The van der Waals surface area contributed by atoms with Gasteiger partial charge in [0.15, 0.2) is 0 Å². The van der Waals surface area contributed by atoms with Crippen LogP contribution in [0.4, 0.5) is 17.1 Å². The normalized spacial score (nSPS) is 12.5. The van der Waals surface area contributed by atoms with Crippen LogP contribution in [0.1, 0.15) is 22.3 Å². The summed E-state index contributed by atoms with van der Waals surface area (Å²) in [5.74, 6) is 0. The number of fused-ring (bicyclic) bond motifs is 9. The maximum absolute atomic E-state index is 2.53. The van der Waals surface area contributed by atoms with Crippen LogP contribution in [0.25, 0.3) is 104 Å². The molecule has 2 nitrogen and oxygen atoms in total. The highest BCUT2D eigenvalue weighted by Gasteiger charge is 2.47. The Bertz CT molecular complexity index is 4800. The van der Waals surface area contributed by atoms with Crippen molar-refractivity contribution in [3.8, 4) is 50.2 Å². The summed E-state index contributed by atoms with van der Waals surface area (Å²) in [6, 6.07) is 117. The lowest BCUT2D eigenvalue weighted by Crippen LogP contribution is -2.28. The van der Waals surface area contributed by atoms with E-state index in [1.807, 2.05) is 0 Å². The highest BCUT2D eigenvalue weighted by Crippen LogP contribution is 2.59. The second-order valence-corrected chi connectivity index (χ2v) is 21.5. The van der Waals surface area contributed by atoms with Crippen molar-refractivity contribution < 1.29 is 0 Å². The van der Waals surface area contributed by atoms with E-state index in [9.17, 15) is 0 Å². The second kappa shape index (κ2) is 18.8. The van der Waals surface area contributed by atoms with Crippen molar-refractivity contribution in [3.05, 3.63) is 338 Å². The lowest BCUT2D eigenvalue weighted by Gasteiger charge is -2.35. The summed E-state index contributed by atoms with van der Waals surface area (Å²) >= 11 is 0. The zero-order valence-corrected chi connectivity index (χ0v) is 44.4. The predicted octanol–water partition coefficient (Wildman–Crippen LogP) is 21.1. The largest absolute Gasteiger partial charge is 0.310 e. The molecule has 0 atom stereocenters. The molecule has 0 spiro atoms. The van der Waals surface area contributed by atoms with E-state index in [0.29, 0.717) is 0 Å². The summed E-state index contributed by atoms with van der Waals surface area (Å²) in [7, 11) is 0. The minimum atomic E-state index is -0.689. The maximum Gasteiger partial charge on any atom is 0.0714 e. The van der Waals surface area contributed by atoms with Gasteiger partial charge < -0.3 is 9.47 Å². The molecule has 1 aliphatic carbocycles. The summed E-state index contributed by atoms with van der Waals surface area (Å²) < 4.78 is 2.40. The van der Waals surface area contributed by atoms with E-state index >= 15 is 0 Å². The van der Waals surface area contributed by atoms with Crippen molar-refractivity contribution in [2.75, 3.05) is 4.90 Å². The number of aromatic nitrogens is 1. The Balaban J connectivity index is 0.939. The van der Waals surface area contributed by atoms with Crippen LogP contribution in [0.5, 0.6) is 0 Å². The average molecular weight is 1030 g/mol. The first-order valence-corrected chi connectivity index (χ1v) is 28.1. The Labute approximate surface area is 471 Å². The summed E-state index contributed by atoms with van der Waals surface area (Å²) in [4.78, 5) is 2.48. The fourth-order valence-corrected chi connectivity index (χ4v) is 13.8. The Kier molecular flexibility index (Phi) is 10.8. The van der Waals surface area contributed by atoms with Gasteiger partial charge in [-0.3, -0.25) is 0 Å². The SMILES string of the molecule is c1ccc(-c2c3ccccc3c(-c3ccc4c(c3)C(c3ccccc3)(c3ccccc3)c3cc(N(c5ccc(-c6cccc7ccccc67)cc5)c5ccc6c(c5)c5ccccc5n6-c5ccccc5)ccc3-4)c3ccccc23)cc1. The van der Waals surface area contributed by atoms with Crippen LogP contribution in [-0.4, -0.2) is 4.57 Å². The molecule has 81 heavy (non-hydrogen) atoms. The average Bonchev–Trinajstić information content (AvgIpc) is 4.22. The number of hydrogen-bond donors (Lipinski definition) is 0. The van der Waals surface area contributed by atoms with Crippen molar-refractivity contribution in [3.63, 3.8) is 0 Å². The van der Waals surface area contributed by atoms with Gasteiger partial charge in [0, 0.05) is 33.5 Å². The monoisotopic (exact) mass is 1030 g/mol. The molecule has 0 N–H and O–H groups in total.